The maximum atomic E-state index is 14.5. The molecule has 3 aliphatic heterocycles. The molecule has 4 heterocycles. The van der Waals surface area contributed by atoms with Crippen LogP contribution in [-0.2, 0) is 10.0 Å². The molecular formula is C40H53FN6O5S. The summed E-state index contributed by atoms with van der Waals surface area (Å²) in [5.41, 5.74) is 3.39. The van der Waals surface area contributed by atoms with Crippen LogP contribution < -0.4 is 0 Å². The lowest BCUT2D eigenvalue weighted by Crippen LogP contribution is -2.63. The molecule has 53 heavy (non-hydrogen) atoms. The van der Waals surface area contributed by atoms with Gasteiger partial charge in [0, 0.05) is 63.4 Å². The summed E-state index contributed by atoms with van der Waals surface area (Å²) >= 11 is 0. The first-order valence-corrected chi connectivity index (χ1v) is 20.4. The summed E-state index contributed by atoms with van der Waals surface area (Å²) in [6.45, 7) is 13.5. The lowest BCUT2D eigenvalue weighted by molar-refractivity contribution is -0.0422. The monoisotopic (exact) mass is 748 g/mol. The third kappa shape index (κ3) is 8.80. The molecular weight excluding hydrogens is 696 g/mol. The Kier molecular flexibility index (Phi) is 12.0. The summed E-state index contributed by atoms with van der Waals surface area (Å²) in [6.07, 6.45) is 6.45. The summed E-state index contributed by atoms with van der Waals surface area (Å²) in [7, 11) is -3.18. The highest BCUT2D eigenvalue weighted by atomic mass is 32.2. The van der Waals surface area contributed by atoms with Gasteiger partial charge in [0.05, 0.1) is 27.8 Å². The van der Waals surface area contributed by atoms with Crippen LogP contribution in [0.5, 0.6) is 0 Å². The smallest absolute Gasteiger partial charge is 0.335 e. The van der Waals surface area contributed by atoms with E-state index in [-0.39, 0.29) is 40.5 Å². The molecule has 1 saturated carbocycles. The van der Waals surface area contributed by atoms with Gasteiger partial charge < -0.3 is 10.0 Å². The van der Waals surface area contributed by atoms with E-state index >= 15 is 0 Å². The molecule has 0 unspecified atom stereocenters. The van der Waals surface area contributed by atoms with E-state index in [0.717, 1.165) is 75.1 Å². The van der Waals surface area contributed by atoms with E-state index in [0.29, 0.717) is 37.3 Å². The third-order valence-corrected chi connectivity index (χ3v) is 14.2. The number of sulfonamides is 1. The number of piperidine rings is 2. The van der Waals surface area contributed by atoms with Crippen LogP contribution in [0.2, 0.25) is 0 Å². The number of nitrogens with zero attached hydrogens (tertiary/aromatic N) is 6. The minimum absolute atomic E-state index is 0.00866. The Bertz CT molecular complexity index is 1840. The first kappa shape index (κ1) is 38.9. The maximum absolute atomic E-state index is 14.5. The summed E-state index contributed by atoms with van der Waals surface area (Å²) in [5, 5.41) is 8.20. The van der Waals surface area contributed by atoms with E-state index in [1.54, 1.807) is 46.8 Å². The Morgan fingerprint density at radius 1 is 0.887 bits per heavy atom. The number of hydrogen-bond acceptors (Lipinski definition) is 8. The fourth-order valence-corrected chi connectivity index (χ4v) is 10.3. The lowest BCUT2D eigenvalue weighted by atomic mass is 9.82. The number of benzene rings is 2. The van der Waals surface area contributed by atoms with E-state index in [9.17, 15) is 22.4 Å². The van der Waals surface area contributed by atoms with Gasteiger partial charge in [-0.2, -0.15) is 0 Å². The number of carbonyl (C=O) groups is 2. The largest absolute Gasteiger partial charge is 0.478 e. The minimum Gasteiger partial charge on any atom is -0.478 e. The van der Waals surface area contributed by atoms with E-state index in [1.165, 1.54) is 12.4 Å². The van der Waals surface area contributed by atoms with Crippen LogP contribution in [0.3, 0.4) is 0 Å². The zero-order valence-corrected chi connectivity index (χ0v) is 32.1. The molecule has 11 nitrogen and oxygen atoms in total. The Hall–Kier alpha value is -3.78. The number of carboxylic acid groups (broad SMARTS) is 1. The Labute approximate surface area is 313 Å². The second-order valence-electron chi connectivity index (χ2n) is 15.4. The molecule has 7 rings (SSSR count). The van der Waals surface area contributed by atoms with Gasteiger partial charge in [0.25, 0.3) is 5.91 Å². The van der Waals surface area contributed by atoms with Crippen LogP contribution in [0.4, 0.5) is 4.39 Å². The molecule has 1 aliphatic carbocycles. The van der Waals surface area contributed by atoms with Gasteiger partial charge in [-0.3, -0.25) is 14.6 Å². The average Bonchev–Trinajstić information content (AvgIpc) is 4.01. The van der Waals surface area contributed by atoms with Crippen LogP contribution in [-0.4, -0.2) is 117 Å². The van der Waals surface area contributed by atoms with Crippen molar-refractivity contribution in [1.29, 1.82) is 0 Å². The fourth-order valence-electron chi connectivity index (χ4n) is 8.47. The summed E-state index contributed by atoms with van der Waals surface area (Å²) in [4.78, 5) is 39.2. The van der Waals surface area contributed by atoms with Gasteiger partial charge in [-0.15, -0.1) is 0 Å². The molecule has 3 saturated heterocycles. The van der Waals surface area contributed by atoms with Crippen LogP contribution in [0.15, 0.2) is 60.9 Å². The quantitative estimate of drug-likeness (QED) is 0.315. The van der Waals surface area contributed by atoms with Crippen molar-refractivity contribution in [3.05, 3.63) is 94.8 Å². The standard InChI is InChI=1S/C33H47FN6O3S.C7H6O2/c1-23-21-38(33(4)12-16-37(17-13-33)32(41)30-24(2)35-22-36-25(30)3)18-19-40(23)31(27-6-5-7-28(34)20-27)26-10-14-39(15-11-26)44(42,43)29-8-9-29;8-7(9)6-4-2-1-3-5-6/h5-7,20,22-23,26,29,31H,8-19,21H2,1-4H3;1-5H,(H,8,9)/t23-,31-;/m1./s1. The number of amides is 1. The van der Waals surface area contributed by atoms with Gasteiger partial charge in [0.15, 0.2) is 0 Å². The Balaban J connectivity index is 0.000000468. The molecule has 4 aliphatic rings. The number of carbonyl (C=O) groups excluding carboxylic acids is 1. The SMILES string of the molecule is Cc1ncnc(C)c1C(=O)N1CCC(C)(N2CCN([C@@H](c3cccc(F)c3)C3CCN(S(=O)(=O)C4CC4)CC3)[C@H](C)C2)CC1.O=C(O)c1ccccc1. The lowest BCUT2D eigenvalue weighted by Gasteiger charge is -2.54. The summed E-state index contributed by atoms with van der Waals surface area (Å²) in [5.74, 6) is -0.825. The summed E-state index contributed by atoms with van der Waals surface area (Å²) < 4.78 is 42.0. The van der Waals surface area contributed by atoms with Gasteiger partial charge in [0.1, 0.15) is 12.1 Å². The van der Waals surface area contributed by atoms with Crippen molar-refractivity contribution in [3.8, 4) is 0 Å². The van der Waals surface area contributed by atoms with Crippen LogP contribution in [0.1, 0.15) is 96.1 Å². The molecule has 0 bridgehead atoms. The van der Waals surface area contributed by atoms with Crippen molar-refractivity contribution >= 4 is 21.9 Å². The van der Waals surface area contributed by atoms with Gasteiger partial charge >= 0.3 is 5.97 Å². The predicted molar refractivity (Wildman–Crippen MR) is 202 cm³/mol. The van der Waals surface area contributed by atoms with Crippen molar-refractivity contribution in [2.75, 3.05) is 45.8 Å². The normalized spacial score (nSPS) is 22.4. The number of halogens is 1. The third-order valence-electron chi connectivity index (χ3n) is 11.8. The molecule has 13 heteroatoms. The topological polar surface area (TPSA) is 127 Å². The molecule has 1 N–H and O–H groups in total. The number of piperazine rings is 1. The molecule has 3 aromatic rings. The van der Waals surface area contributed by atoms with Gasteiger partial charge in [0.2, 0.25) is 10.0 Å². The van der Waals surface area contributed by atoms with Crippen LogP contribution in [0.25, 0.3) is 0 Å². The molecule has 2 aromatic carbocycles. The zero-order valence-electron chi connectivity index (χ0n) is 31.3. The van der Waals surface area contributed by atoms with Crippen molar-refractivity contribution in [1.82, 2.24) is 29.0 Å². The van der Waals surface area contributed by atoms with Crippen LogP contribution >= 0.6 is 0 Å². The highest BCUT2D eigenvalue weighted by Gasteiger charge is 2.45. The number of aryl methyl sites for hydroxylation is 2. The molecule has 286 valence electrons. The van der Waals surface area contributed by atoms with E-state index < -0.39 is 16.0 Å². The number of likely N-dealkylation sites (tertiary alicyclic amines) is 1. The molecule has 0 spiro atoms. The van der Waals surface area contributed by atoms with Crippen molar-refractivity contribution in [3.63, 3.8) is 0 Å². The van der Waals surface area contributed by atoms with E-state index in [2.05, 4.69) is 33.6 Å². The number of aromatic nitrogens is 2. The van der Waals surface area contributed by atoms with Crippen LogP contribution in [0, 0.1) is 25.6 Å². The molecule has 2 atom stereocenters. The van der Waals surface area contributed by atoms with Crippen molar-refractivity contribution < 1.29 is 27.5 Å². The zero-order chi connectivity index (χ0) is 37.9. The number of carboxylic acids is 1. The molecule has 1 aromatic heterocycles. The molecule has 4 fully saturated rings. The van der Waals surface area contributed by atoms with E-state index in [4.69, 9.17) is 5.11 Å². The fraction of sp³-hybridized carbons (Fsp3) is 0.550. The van der Waals surface area contributed by atoms with Gasteiger partial charge in [-0.05, 0) is 102 Å². The first-order chi connectivity index (χ1) is 25.3. The molecule has 1 amide bonds. The number of hydrogen-bond donors (Lipinski definition) is 1. The van der Waals surface area contributed by atoms with Crippen molar-refractivity contribution in [2.24, 2.45) is 5.92 Å². The minimum atomic E-state index is -3.18. The predicted octanol–water partition coefficient (Wildman–Crippen LogP) is 5.56. The summed E-state index contributed by atoms with van der Waals surface area (Å²) in [6, 6.07) is 15.6. The molecule has 0 radical (unpaired) electrons. The van der Waals surface area contributed by atoms with Gasteiger partial charge in [-0.25, -0.2) is 31.9 Å². The first-order valence-electron chi connectivity index (χ1n) is 18.9. The maximum Gasteiger partial charge on any atom is 0.335 e. The second-order valence-corrected chi connectivity index (χ2v) is 17.6. The van der Waals surface area contributed by atoms with Gasteiger partial charge in [-0.1, -0.05) is 30.3 Å². The Morgan fingerprint density at radius 3 is 2.08 bits per heavy atom. The number of rotatable bonds is 8. The highest BCUT2D eigenvalue weighted by molar-refractivity contribution is 7.90. The highest BCUT2D eigenvalue weighted by Crippen LogP contribution is 2.41. The van der Waals surface area contributed by atoms with Crippen molar-refractivity contribution in [2.45, 2.75) is 89.1 Å². The average molecular weight is 749 g/mol. The van der Waals surface area contributed by atoms with E-state index in [1.807, 2.05) is 24.8 Å². The second kappa shape index (κ2) is 16.3. The number of aromatic carboxylic acids is 1. The Morgan fingerprint density at radius 2 is 1.53 bits per heavy atom.